The molecule has 0 saturated carbocycles. The van der Waals surface area contributed by atoms with Crippen LogP contribution in [0.5, 0.6) is 0 Å². The third-order valence-corrected chi connectivity index (χ3v) is 2.71. The summed E-state index contributed by atoms with van der Waals surface area (Å²) in [5, 5.41) is 0.607. The van der Waals surface area contributed by atoms with E-state index < -0.39 is 0 Å². The smallest absolute Gasteiger partial charge is 0.124 e. The van der Waals surface area contributed by atoms with Crippen molar-refractivity contribution >= 4 is 24.0 Å². The maximum Gasteiger partial charge on any atom is 0.124 e. The highest BCUT2D eigenvalue weighted by molar-refractivity contribution is 6.33. The maximum atomic E-state index is 13.3. The van der Waals surface area contributed by atoms with E-state index in [1.807, 2.05) is 24.3 Å². The first kappa shape index (κ1) is 14.0. The molecule has 0 amide bonds. The summed E-state index contributed by atoms with van der Waals surface area (Å²) in [6.07, 6.45) is 0. The van der Waals surface area contributed by atoms with Crippen molar-refractivity contribution in [3.8, 4) is 11.1 Å². The molecule has 4 heteroatoms. The molecule has 0 heterocycles. The largest absolute Gasteiger partial charge is 0.326 e. The zero-order valence-electron chi connectivity index (χ0n) is 8.99. The normalized spacial score (nSPS) is 9.82. The van der Waals surface area contributed by atoms with Crippen molar-refractivity contribution in [1.82, 2.24) is 0 Å². The summed E-state index contributed by atoms with van der Waals surface area (Å²) in [4.78, 5) is 0. The Morgan fingerprint density at radius 2 is 1.82 bits per heavy atom. The second-order valence-corrected chi connectivity index (χ2v) is 3.94. The molecular weight excluding hydrogens is 260 g/mol. The SMILES string of the molecule is Cl.NCc1cc(F)cc(-c2ccccc2Cl)c1. The lowest BCUT2D eigenvalue weighted by atomic mass is 10.0. The van der Waals surface area contributed by atoms with Crippen LogP contribution in [-0.4, -0.2) is 0 Å². The van der Waals surface area contributed by atoms with Crippen molar-refractivity contribution in [2.24, 2.45) is 5.73 Å². The molecule has 0 bridgehead atoms. The Hall–Kier alpha value is -1.09. The van der Waals surface area contributed by atoms with Crippen LogP contribution < -0.4 is 5.73 Å². The highest BCUT2D eigenvalue weighted by Gasteiger charge is 2.05. The number of benzene rings is 2. The van der Waals surface area contributed by atoms with Gasteiger partial charge in [0, 0.05) is 17.1 Å². The first-order valence-electron chi connectivity index (χ1n) is 4.95. The molecule has 90 valence electrons. The third kappa shape index (κ3) is 3.19. The van der Waals surface area contributed by atoms with Crippen LogP contribution in [0.4, 0.5) is 4.39 Å². The van der Waals surface area contributed by atoms with Crippen LogP contribution in [0.25, 0.3) is 11.1 Å². The molecule has 2 N–H and O–H groups in total. The molecule has 0 unspecified atom stereocenters. The first-order chi connectivity index (χ1) is 7.70. The van der Waals surface area contributed by atoms with Crippen LogP contribution in [0.3, 0.4) is 0 Å². The van der Waals surface area contributed by atoms with E-state index in [2.05, 4.69) is 0 Å². The summed E-state index contributed by atoms with van der Waals surface area (Å²) in [5.41, 5.74) is 7.84. The molecule has 0 fully saturated rings. The van der Waals surface area contributed by atoms with Gasteiger partial charge in [0.1, 0.15) is 5.82 Å². The van der Waals surface area contributed by atoms with E-state index in [1.54, 1.807) is 6.07 Å². The molecule has 0 aliphatic heterocycles. The van der Waals surface area contributed by atoms with Gasteiger partial charge in [-0.3, -0.25) is 0 Å². The standard InChI is InChI=1S/C13H11ClFN.ClH/c14-13-4-2-1-3-12(13)10-5-9(8-16)6-11(15)7-10;/h1-7H,8,16H2;1H. The van der Waals surface area contributed by atoms with Gasteiger partial charge >= 0.3 is 0 Å². The van der Waals surface area contributed by atoms with E-state index in [1.165, 1.54) is 12.1 Å². The van der Waals surface area contributed by atoms with Gasteiger partial charge < -0.3 is 5.73 Å². The molecule has 0 aromatic heterocycles. The zero-order chi connectivity index (χ0) is 11.5. The Balaban J connectivity index is 0.00000144. The van der Waals surface area contributed by atoms with Crippen LogP contribution >= 0.6 is 24.0 Å². The van der Waals surface area contributed by atoms with E-state index in [0.717, 1.165) is 16.7 Å². The number of halogens is 3. The van der Waals surface area contributed by atoms with Crippen LogP contribution in [0.1, 0.15) is 5.56 Å². The van der Waals surface area contributed by atoms with Crippen molar-refractivity contribution in [2.75, 3.05) is 0 Å². The zero-order valence-corrected chi connectivity index (χ0v) is 10.6. The lowest BCUT2D eigenvalue weighted by molar-refractivity contribution is 0.626. The fraction of sp³-hybridized carbons (Fsp3) is 0.0769. The van der Waals surface area contributed by atoms with Crippen molar-refractivity contribution in [3.63, 3.8) is 0 Å². The van der Waals surface area contributed by atoms with Crippen LogP contribution in [0.15, 0.2) is 42.5 Å². The highest BCUT2D eigenvalue weighted by atomic mass is 35.5. The van der Waals surface area contributed by atoms with Gasteiger partial charge in [-0.15, -0.1) is 12.4 Å². The molecule has 0 saturated heterocycles. The van der Waals surface area contributed by atoms with Gasteiger partial charge in [0.15, 0.2) is 0 Å². The summed E-state index contributed by atoms with van der Waals surface area (Å²) in [7, 11) is 0. The van der Waals surface area contributed by atoms with Crippen molar-refractivity contribution in [3.05, 3.63) is 58.9 Å². The van der Waals surface area contributed by atoms with Crippen LogP contribution in [0.2, 0.25) is 5.02 Å². The molecule has 0 atom stereocenters. The van der Waals surface area contributed by atoms with E-state index in [4.69, 9.17) is 17.3 Å². The Morgan fingerprint density at radius 1 is 1.12 bits per heavy atom. The van der Waals surface area contributed by atoms with Gasteiger partial charge in [-0.1, -0.05) is 29.8 Å². The van der Waals surface area contributed by atoms with Crippen molar-refractivity contribution < 1.29 is 4.39 Å². The molecule has 17 heavy (non-hydrogen) atoms. The fourth-order valence-corrected chi connectivity index (χ4v) is 1.86. The van der Waals surface area contributed by atoms with Crippen LogP contribution in [0, 0.1) is 5.82 Å². The third-order valence-electron chi connectivity index (χ3n) is 2.38. The summed E-state index contributed by atoms with van der Waals surface area (Å²) < 4.78 is 13.3. The van der Waals surface area contributed by atoms with Gasteiger partial charge in [0.25, 0.3) is 0 Å². The lowest BCUT2D eigenvalue weighted by Gasteiger charge is -2.06. The minimum atomic E-state index is -0.294. The van der Waals surface area contributed by atoms with Crippen LogP contribution in [-0.2, 0) is 6.54 Å². The summed E-state index contributed by atoms with van der Waals surface area (Å²) >= 11 is 6.05. The number of hydrogen-bond acceptors (Lipinski definition) is 1. The monoisotopic (exact) mass is 271 g/mol. The van der Waals surface area contributed by atoms with Gasteiger partial charge in [0.05, 0.1) is 0 Å². The lowest BCUT2D eigenvalue weighted by Crippen LogP contribution is -1.97. The summed E-state index contributed by atoms with van der Waals surface area (Å²) in [6.45, 7) is 0.315. The minimum Gasteiger partial charge on any atom is -0.326 e. The molecule has 0 spiro atoms. The first-order valence-corrected chi connectivity index (χ1v) is 5.33. The van der Waals surface area contributed by atoms with E-state index >= 15 is 0 Å². The summed E-state index contributed by atoms with van der Waals surface area (Å²) in [5.74, 6) is -0.294. The minimum absolute atomic E-state index is 0. The molecule has 0 aliphatic carbocycles. The van der Waals surface area contributed by atoms with Crippen molar-refractivity contribution in [2.45, 2.75) is 6.54 Å². The van der Waals surface area contributed by atoms with Gasteiger partial charge in [-0.25, -0.2) is 4.39 Å². The molecular formula is C13H12Cl2FN. The average molecular weight is 272 g/mol. The van der Waals surface area contributed by atoms with Gasteiger partial charge in [-0.05, 0) is 35.4 Å². The molecule has 2 aromatic rings. The van der Waals surface area contributed by atoms with Gasteiger partial charge in [-0.2, -0.15) is 0 Å². The Kier molecular flexibility index (Phi) is 4.94. The molecule has 0 aliphatic rings. The topological polar surface area (TPSA) is 26.0 Å². The highest BCUT2D eigenvalue weighted by Crippen LogP contribution is 2.28. The fourth-order valence-electron chi connectivity index (χ4n) is 1.62. The Labute approximate surface area is 111 Å². The Morgan fingerprint density at radius 3 is 2.47 bits per heavy atom. The number of nitrogens with two attached hydrogens (primary N) is 1. The Bertz CT molecular complexity index is 515. The van der Waals surface area contributed by atoms with Gasteiger partial charge in [0.2, 0.25) is 0 Å². The molecule has 2 rings (SSSR count). The average Bonchev–Trinajstić information content (AvgIpc) is 2.28. The maximum absolute atomic E-state index is 13.3. The number of rotatable bonds is 2. The molecule has 0 radical (unpaired) electrons. The van der Waals surface area contributed by atoms with Crippen molar-refractivity contribution in [1.29, 1.82) is 0 Å². The molecule has 1 nitrogen and oxygen atoms in total. The van der Waals surface area contributed by atoms with E-state index in [9.17, 15) is 4.39 Å². The second-order valence-electron chi connectivity index (χ2n) is 3.53. The quantitative estimate of drug-likeness (QED) is 0.877. The predicted octanol–water partition coefficient (Wildman–Crippen LogP) is 4.03. The van der Waals surface area contributed by atoms with E-state index in [0.29, 0.717) is 11.6 Å². The second kappa shape index (κ2) is 6.01. The number of hydrogen-bond donors (Lipinski definition) is 1. The molecule has 2 aromatic carbocycles. The predicted molar refractivity (Wildman–Crippen MR) is 72.0 cm³/mol. The summed E-state index contributed by atoms with van der Waals surface area (Å²) in [6, 6.07) is 12.1. The van der Waals surface area contributed by atoms with E-state index in [-0.39, 0.29) is 18.2 Å².